The molecule has 0 radical (unpaired) electrons. The van der Waals surface area contributed by atoms with Crippen LogP contribution in [-0.2, 0) is 16.1 Å². The number of aliphatic carboxylic acids is 1. The molecule has 1 aromatic carbocycles. The van der Waals surface area contributed by atoms with E-state index in [-0.39, 0.29) is 36.8 Å². The van der Waals surface area contributed by atoms with Crippen molar-refractivity contribution in [2.45, 2.75) is 12.6 Å². The van der Waals surface area contributed by atoms with Gasteiger partial charge >= 0.3 is 5.97 Å². The Morgan fingerprint density at radius 3 is 2.90 bits per heavy atom. The van der Waals surface area contributed by atoms with Crippen LogP contribution in [0.4, 0.5) is 10.1 Å². The van der Waals surface area contributed by atoms with Gasteiger partial charge in [-0.15, -0.1) is 0 Å². The van der Waals surface area contributed by atoms with Gasteiger partial charge in [-0.25, -0.2) is 4.39 Å². The molecule has 21 heavy (non-hydrogen) atoms. The molecule has 0 aliphatic carbocycles. The Morgan fingerprint density at radius 2 is 2.29 bits per heavy atom. The highest BCUT2D eigenvalue weighted by Gasteiger charge is 2.33. The zero-order chi connectivity index (χ0) is 15.6. The average molecular weight is 297 g/mol. The van der Waals surface area contributed by atoms with Crippen molar-refractivity contribution in [3.8, 4) is 0 Å². The van der Waals surface area contributed by atoms with Gasteiger partial charge in [-0.2, -0.15) is 0 Å². The lowest BCUT2D eigenvalue weighted by Gasteiger charge is -2.32. The fourth-order valence-corrected chi connectivity index (χ4v) is 2.18. The second-order valence-electron chi connectivity index (χ2n) is 4.59. The molecule has 0 bridgehead atoms. The molecule has 2 N–H and O–H groups in total. The zero-order valence-corrected chi connectivity index (χ0v) is 10.8. The number of nitrogens with zero attached hydrogens (tertiary/aromatic N) is 2. The third-order valence-corrected chi connectivity index (χ3v) is 3.18. The van der Waals surface area contributed by atoms with Crippen LogP contribution in [0.3, 0.4) is 0 Å². The number of carboxylic acids is 1. The maximum Gasteiger partial charge on any atom is 0.322 e. The lowest BCUT2D eigenvalue weighted by atomic mass is 10.1. The summed E-state index contributed by atoms with van der Waals surface area (Å²) >= 11 is 0. The van der Waals surface area contributed by atoms with Crippen LogP contribution in [0.25, 0.3) is 0 Å². The van der Waals surface area contributed by atoms with E-state index in [0.717, 1.165) is 18.2 Å². The second kappa shape index (κ2) is 5.83. The number of amides is 1. The van der Waals surface area contributed by atoms with Gasteiger partial charge in [0.1, 0.15) is 11.9 Å². The molecular weight excluding hydrogens is 285 g/mol. The van der Waals surface area contributed by atoms with Crippen molar-refractivity contribution in [2.24, 2.45) is 0 Å². The monoisotopic (exact) mass is 297 g/mol. The number of carbonyl (C=O) groups is 2. The predicted molar refractivity (Wildman–Crippen MR) is 67.9 cm³/mol. The Balaban J connectivity index is 2.30. The predicted octanol–water partition coefficient (Wildman–Crippen LogP) is 0.119. The van der Waals surface area contributed by atoms with Crippen LogP contribution in [0.5, 0.6) is 0 Å². The molecule has 9 heteroatoms. The summed E-state index contributed by atoms with van der Waals surface area (Å²) in [4.78, 5) is 34.0. The molecule has 1 aromatic rings. The lowest BCUT2D eigenvalue weighted by molar-refractivity contribution is -0.385. The van der Waals surface area contributed by atoms with Gasteiger partial charge in [-0.3, -0.25) is 24.6 Å². The summed E-state index contributed by atoms with van der Waals surface area (Å²) in [7, 11) is 0. The van der Waals surface area contributed by atoms with Crippen molar-refractivity contribution in [3.63, 3.8) is 0 Å². The minimum Gasteiger partial charge on any atom is -0.480 e. The molecule has 1 unspecified atom stereocenters. The molecule has 1 atom stereocenters. The van der Waals surface area contributed by atoms with E-state index in [1.54, 1.807) is 0 Å². The highest BCUT2D eigenvalue weighted by Crippen LogP contribution is 2.22. The molecule has 1 heterocycles. The third-order valence-electron chi connectivity index (χ3n) is 3.18. The molecule has 2 rings (SSSR count). The molecule has 1 saturated heterocycles. The average Bonchev–Trinajstić information content (AvgIpc) is 2.38. The summed E-state index contributed by atoms with van der Waals surface area (Å²) in [6, 6.07) is 1.94. The van der Waals surface area contributed by atoms with E-state index in [0.29, 0.717) is 0 Å². The van der Waals surface area contributed by atoms with Crippen molar-refractivity contribution in [3.05, 3.63) is 39.7 Å². The minimum atomic E-state index is -1.16. The number of carboxylic acid groups (broad SMARTS) is 1. The number of halogens is 1. The first-order chi connectivity index (χ1) is 9.88. The smallest absolute Gasteiger partial charge is 0.322 e. The fraction of sp³-hybridized carbons (Fsp3) is 0.333. The topological polar surface area (TPSA) is 113 Å². The Kier molecular flexibility index (Phi) is 4.13. The number of carbonyl (C=O) groups excluding carboxylic acids is 1. The van der Waals surface area contributed by atoms with Crippen LogP contribution in [0, 0.1) is 15.9 Å². The summed E-state index contributed by atoms with van der Waals surface area (Å²) in [5, 5.41) is 22.4. The number of nitro benzene ring substituents is 1. The van der Waals surface area contributed by atoms with Crippen molar-refractivity contribution in [2.75, 3.05) is 13.1 Å². The maximum atomic E-state index is 13.3. The molecule has 1 amide bonds. The first-order valence-corrected chi connectivity index (χ1v) is 6.05. The highest BCUT2D eigenvalue weighted by atomic mass is 19.1. The third kappa shape index (κ3) is 3.31. The normalized spacial score (nSPS) is 19.1. The lowest BCUT2D eigenvalue weighted by Crippen LogP contribution is -2.56. The molecule has 1 aliphatic rings. The van der Waals surface area contributed by atoms with Crippen LogP contribution >= 0.6 is 0 Å². The summed E-state index contributed by atoms with van der Waals surface area (Å²) in [6.45, 7) is -0.514. The molecule has 0 aromatic heterocycles. The molecule has 8 nitrogen and oxygen atoms in total. The number of benzene rings is 1. The van der Waals surface area contributed by atoms with E-state index in [9.17, 15) is 24.1 Å². The van der Waals surface area contributed by atoms with E-state index < -0.39 is 22.8 Å². The number of hydrogen-bond acceptors (Lipinski definition) is 5. The fourth-order valence-electron chi connectivity index (χ4n) is 2.18. The SMILES string of the molecule is O=C1CN(Cc2cc(F)ccc2[N+](=O)[O-])C(C(=O)O)CN1. The van der Waals surface area contributed by atoms with Gasteiger partial charge in [0.25, 0.3) is 5.69 Å². The second-order valence-corrected chi connectivity index (χ2v) is 4.59. The number of nitrogens with one attached hydrogen (secondary N) is 1. The van der Waals surface area contributed by atoms with Crippen LogP contribution in [0.15, 0.2) is 18.2 Å². The van der Waals surface area contributed by atoms with E-state index in [1.807, 2.05) is 0 Å². The van der Waals surface area contributed by atoms with Crippen molar-refractivity contribution < 1.29 is 24.0 Å². The van der Waals surface area contributed by atoms with Crippen LogP contribution in [-0.4, -0.2) is 45.9 Å². The largest absolute Gasteiger partial charge is 0.480 e. The summed E-state index contributed by atoms with van der Waals surface area (Å²) in [5.74, 6) is -2.20. The van der Waals surface area contributed by atoms with Gasteiger partial charge in [0, 0.05) is 24.7 Å². The molecule has 112 valence electrons. The Hall–Kier alpha value is -2.55. The number of piperazine rings is 1. The summed E-state index contributed by atoms with van der Waals surface area (Å²) < 4.78 is 13.3. The van der Waals surface area contributed by atoms with Crippen LogP contribution < -0.4 is 5.32 Å². The Morgan fingerprint density at radius 1 is 1.57 bits per heavy atom. The molecular formula is C12H12FN3O5. The van der Waals surface area contributed by atoms with Crippen molar-refractivity contribution in [1.82, 2.24) is 10.2 Å². The summed E-state index contributed by atoms with van der Waals surface area (Å²) in [5.41, 5.74) is -0.285. The highest BCUT2D eigenvalue weighted by molar-refractivity contribution is 5.83. The van der Waals surface area contributed by atoms with Gasteiger partial charge in [0.2, 0.25) is 5.91 Å². The molecule has 0 saturated carbocycles. The van der Waals surface area contributed by atoms with E-state index >= 15 is 0 Å². The van der Waals surface area contributed by atoms with Crippen molar-refractivity contribution in [1.29, 1.82) is 0 Å². The standard InChI is InChI=1S/C12H12FN3O5/c13-8-1-2-9(16(20)21)7(3-8)5-15-6-11(17)14-4-10(15)12(18)19/h1-3,10H,4-6H2,(H,14,17)(H,18,19). The summed E-state index contributed by atoms with van der Waals surface area (Å²) in [6.07, 6.45) is 0. The van der Waals surface area contributed by atoms with Gasteiger partial charge in [0.15, 0.2) is 0 Å². The van der Waals surface area contributed by atoms with Gasteiger partial charge in [-0.05, 0) is 12.1 Å². The first kappa shape index (κ1) is 14.9. The number of nitro groups is 1. The number of hydrogen-bond donors (Lipinski definition) is 2. The number of rotatable bonds is 4. The van der Waals surface area contributed by atoms with Crippen LogP contribution in [0.2, 0.25) is 0 Å². The maximum absolute atomic E-state index is 13.3. The van der Waals surface area contributed by atoms with Gasteiger partial charge in [-0.1, -0.05) is 0 Å². The Labute approximate surface area is 118 Å². The van der Waals surface area contributed by atoms with E-state index in [4.69, 9.17) is 5.11 Å². The van der Waals surface area contributed by atoms with Gasteiger partial charge in [0.05, 0.1) is 11.5 Å². The minimum absolute atomic E-state index is 0.0287. The van der Waals surface area contributed by atoms with Crippen LogP contribution in [0.1, 0.15) is 5.56 Å². The quantitative estimate of drug-likeness (QED) is 0.603. The van der Waals surface area contributed by atoms with E-state index in [2.05, 4.69) is 5.32 Å². The zero-order valence-electron chi connectivity index (χ0n) is 10.8. The first-order valence-electron chi connectivity index (χ1n) is 6.05. The molecule has 1 aliphatic heterocycles. The molecule has 0 spiro atoms. The van der Waals surface area contributed by atoms with Gasteiger partial charge < -0.3 is 10.4 Å². The molecule has 1 fully saturated rings. The van der Waals surface area contributed by atoms with Crippen molar-refractivity contribution >= 4 is 17.6 Å². The Bertz CT molecular complexity index is 607. The van der Waals surface area contributed by atoms with E-state index in [1.165, 1.54) is 4.90 Å².